The summed E-state index contributed by atoms with van der Waals surface area (Å²) in [5.41, 5.74) is 0. The molecule has 1 unspecified atom stereocenters. The van der Waals surface area contributed by atoms with Crippen molar-refractivity contribution in [2.24, 2.45) is 5.92 Å². The van der Waals surface area contributed by atoms with E-state index in [4.69, 9.17) is 0 Å². The molecule has 0 bridgehead atoms. The third kappa shape index (κ3) is 3.95. The van der Waals surface area contributed by atoms with Crippen molar-refractivity contribution in [3.8, 4) is 0 Å². The number of nitrogens with zero attached hydrogens (tertiary/aromatic N) is 3. The summed E-state index contributed by atoms with van der Waals surface area (Å²) in [5.74, 6) is 1.99. The van der Waals surface area contributed by atoms with E-state index in [1.807, 2.05) is 12.3 Å². The maximum absolute atomic E-state index is 4.45. The molecule has 4 heteroatoms. The molecule has 1 aromatic rings. The molecule has 0 amide bonds. The van der Waals surface area contributed by atoms with Gasteiger partial charge in [0.2, 0.25) is 0 Å². The molecule has 2 aliphatic rings. The Morgan fingerprint density at radius 3 is 2.71 bits per heavy atom. The molecular weight excluding hydrogens is 260 g/mol. The number of pyridine rings is 1. The molecule has 116 valence electrons. The smallest absolute Gasteiger partial charge is 0.128 e. The number of anilines is 1. The summed E-state index contributed by atoms with van der Waals surface area (Å²) in [6.07, 6.45) is 5.73. The topological polar surface area (TPSA) is 31.4 Å². The fourth-order valence-corrected chi connectivity index (χ4v) is 3.55. The van der Waals surface area contributed by atoms with Gasteiger partial charge in [-0.1, -0.05) is 13.0 Å². The molecule has 1 N–H and O–H groups in total. The van der Waals surface area contributed by atoms with Gasteiger partial charge in [0.15, 0.2) is 0 Å². The second kappa shape index (κ2) is 7.23. The van der Waals surface area contributed by atoms with Crippen LogP contribution in [0.4, 0.5) is 5.82 Å². The second-order valence-corrected chi connectivity index (χ2v) is 6.41. The Balaban J connectivity index is 1.38. The van der Waals surface area contributed by atoms with Crippen LogP contribution in [0.15, 0.2) is 24.4 Å². The Morgan fingerprint density at radius 2 is 2.05 bits per heavy atom. The number of hydrogen-bond donors (Lipinski definition) is 1. The van der Waals surface area contributed by atoms with Crippen LogP contribution < -0.4 is 10.2 Å². The Labute approximate surface area is 128 Å². The molecule has 1 atom stereocenters. The maximum atomic E-state index is 4.45. The van der Waals surface area contributed by atoms with Crippen molar-refractivity contribution in [2.75, 3.05) is 44.2 Å². The summed E-state index contributed by atoms with van der Waals surface area (Å²) in [5, 5.41) is 3.81. The van der Waals surface area contributed by atoms with E-state index in [2.05, 4.69) is 39.2 Å². The monoisotopic (exact) mass is 288 g/mol. The molecule has 0 aromatic carbocycles. The van der Waals surface area contributed by atoms with Crippen molar-refractivity contribution >= 4 is 5.82 Å². The van der Waals surface area contributed by atoms with Gasteiger partial charge in [-0.15, -0.1) is 0 Å². The molecule has 4 nitrogen and oxygen atoms in total. The van der Waals surface area contributed by atoms with E-state index in [0.717, 1.165) is 24.8 Å². The van der Waals surface area contributed by atoms with Crippen LogP contribution in [-0.4, -0.2) is 55.2 Å². The lowest BCUT2D eigenvalue weighted by Gasteiger charge is -2.33. The Morgan fingerprint density at radius 1 is 1.19 bits per heavy atom. The number of hydrogen-bond acceptors (Lipinski definition) is 4. The minimum atomic E-state index is 0.695. The maximum Gasteiger partial charge on any atom is 0.128 e. The molecule has 0 spiro atoms. The first-order valence-electron chi connectivity index (χ1n) is 8.47. The standard InChI is InChI=1S/C17H28N4/c1-2-20-10-6-15(14-20)13-19-16-7-11-21(12-8-16)17-5-3-4-9-18-17/h3-5,9,15-16,19H,2,6-8,10-14H2,1H3. The van der Waals surface area contributed by atoms with Crippen LogP contribution in [0.1, 0.15) is 26.2 Å². The van der Waals surface area contributed by atoms with E-state index in [1.54, 1.807) is 0 Å². The summed E-state index contributed by atoms with van der Waals surface area (Å²) in [6, 6.07) is 6.87. The summed E-state index contributed by atoms with van der Waals surface area (Å²) in [7, 11) is 0. The minimum absolute atomic E-state index is 0.695. The van der Waals surface area contributed by atoms with Crippen LogP contribution in [0.25, 0.3) is 0 Å². The number of rotatable bonds is 5. The first-order valence-corrected chi connectivity index (χ1v) is 8.47. The van der Waals surface area contributed by atoms with Crippen molar-refractivity contribution in [3.63, 3.8) is 0 Å². The Kier molecular flexibility index (Phi) is 5.09. The zero-order chi connectivity index (χ0) is 14.5. The van der Waals surface area contributed by atoms with Crippen molar-refractivity contribution in [1.82, 2.24) is 15.2 Å². The Hall–Kier alpha value is -1.13. The SMILES string of the molecule is CCN1CCC(CNC2CCN(c3ccccn3)CC2)C1. The zero-order valence-electron chi connectivity index (χ0n) is 13.2. The molecule has 2 saturated heterocycles. The quantitative estimate of drug-likeness (QED) is 0.898. The predicted molar refractivity (Wildman–Crippen MR) is 87.7 cm³/mol. The predicted octanol–water partition coefficient (Wildman–Crippen LogP) is 1.98. The first-order chi connectivity index (χ1) is 10.3. The van der Waals surface area contributed by atoms with Gasteiger partial charge in [-0.05, 0) is 56.9 Å². The van der Waals surface area contributed by atoms with Gasteiger partial charge in [-0.3, -0.25) is 0 Å². The minimum Gasteiger partial charge on any atom is -0.357 e. The van der Waals surface area contributed by atoms with Gasteiger partial charge in [0, 0.05) is 31.9 Å². The third-order valence-electron chi connectivity index (χ3n) is 4.98. The summed E-state index contributed by atoms with van der Waals surface area (Å²) < 4.78 is 0. The number of nitrogens with one attached hydrogen (secondary N) is 1. The molecule has 21 heavy (non-hydrogen) atoms. The average Bonchev–Trinajstić information content (AvgIpc) is 3.02. The molecule has 2 fully saturated rings. The van der Waals surface area contributed by atoms with E-state index < -0.39 is 0 Å². The lowest BCUT2D eigenvalue weighted by atomic mass is 10.0. The van der Waals surface area contributed by atoms with Gasteiger partial charge in [-0.2, -0.15) is 0 Å². The molecule has 0 radical (unpaired) electrons. The highest BCUT2D eigenvalue weighted by molar-refractivity contribution is 5.38. The zero-order valence-corrected chi connectivity index (χ0v) is 13.2. The number of aromatic nitrogens is 1. The molecule has 1 aromatic heterocycles. The molecule has 3 rings (SSSR count). The highest BCUT2D eigenvalue weighted by Crippen LogP contribution is 2.19. The Bertz CT molecular complexity index is 414. The van der Waals surface area contributed by atoms with Gasteiger partial charge in [0.25, 0.3) is 0 Å². The van der Waals surface area contributed by atoms with E-state index in [1.165, 1.54) is 45.4 Å². The number of piperidine rings is 1. The van der Waals surface area contributed by atoms with Crippen molar-refractivity contribution < 1.29 is 0 Å². The summed E-state index contributed by atoms with van der Waals surface area (Å²) in [6.45, 7) is 9.50. The first kappa shape index (κ1) is 14.8. The lowest BCUT2D eigenvalue weighted by molar-refractivity contribution is 0.328. The summed E-state index contributed by atoms with van der Waals surface area (Å²) >= 11 is 0. The highest BCUT2D eigenvalue weighted by Gasteiger charge is 2.24. The van der Waals surface area contributed by atoms with Crippen molar-refractivity contribution in [1.29, 1.82) is 0 Å². The van der Waals surface area contributed by atoms with Gasteiger partial charge in [-0.25, -0.2) is 4.98 Å². The van der Waals surface area contributed by atoms with Crippen LogP contribution in [0.2, 0.25) is 0 Å². The van der Waals surface area contributed by atoms with Crippen LogP contribution >= 0.6 is 0 Å². The molecular formula is C17H28N4. The van der Waals surface area contributed by atoms with Crippen molar-refractivity contribution in [3.05, 3.63) is 24.4 Å². The van der Waals surface area contributed by atoms with Gasteiger partial charge in [0.05, 0.1) is 0 Å². The summed E-state index contributed by atoms with van der Waals surface area (Å²) in [4.78, 5) is 9.43. The molecule has 0 saturated carbocycles. The van der Waals surface area contributed by atoms with Gasteiger partial charge < -0.3 is 15.1 Å². The van der Waals surface area contributed by atoms with Crippen LogP contribution in [0.5, 0.6) is 0 Å². The van der Waals surface area contributed by atoms with E-state index in [-0.39, 0.29) is 0 Å². The second-order valence-electron chi connectivity index (χ2n) is 6.41. The van der Waals surface area contributed by atoms with Crippen LogP contribution in [-0.2, 0) is 0 Å². The van der Waals surface area contributed by atoms with Gasteiger partial charge >= 0.3 is 0 Å². The van der Waals surface area contributed by atoms with Crippen LogP contribution in [0.3, 0.4) is 0 Å². The lowest BCUT2D eigenvalue weighted by Crippen LogP contribution is -2.44. The molecule has 3 heterocycles. The van der Waals surface area contributed by atoms with Gasteiger partial charge in [0.1, 0.15) is 5.82 Å². The normalized spacial score (nSPS) is 24.6. The fourth-order valence-electron chi connectivity index (χ4n) is 3.55. The molecule has 2 aliphatic heterocycles. The fraction of sp³-hybridized carbons (Fsp3) is 0.706. The largest absolute Gasteiger partial charge is 0.357 e. The van der Waals surface area contributed by atoms with E-state index in [0.29, 0.717) is 6.04 Å². The van der Waals surface area contributed by atoms with E-state index in [9.17, 15) is 0 Å². The van der Waals surface area contributed by atoms with Crippen molar-refractivity contribution in [2.45, 2.75) is 32.2 Å². The molecule has 0 aliphatic carbocycles. The third-order valence-corrected chi connectivity index (χ3v) is 4.98. The number of likely N-dealkylation sites (tertiary alicyclic amines) is 1. The average molecular weight is 288 g/mol. The highest BCUT2D eigenvalue weighted by atomic mass is 15.2. The van der Waals surface area contributed by atoms with Crippen LogP contribution in [0, 0.1) is 5.92 Å². The van der Waals surface area contributed by atoms with E-state index >= 15 is 0 Å².